The minimum Gasteiger partial charge on any atom is -0.444 e. The predicted octanol–water partition coefficient (Wildman–Crippen LogP) is 8.21. The zero-order chi connectivity index (χ0) is 42.5. The minimum atomic E-state index is -2.25. The van der Waals surface area contributed by atoms with Gasteiger partial charge in [0.1, 0.15) is 12.2 Å². The molecule has 15 heteroatoms. The molecule has 0 unspecified atom stereocenters. The number of carbonyl (C=O) groups excluding carboxylic acids is 3. The molecule has 0 bridgehead atoms. The van der Waals surface area contributed by atoms with Crippen molar-refractivity contribution in [1.29, 1.82) is 0 Å². The molecule has 0 saturated carbocycles. The molecule has 6 rings (SSSR count). The fraction of sp³-hybridized carbons (Fsp3) is 0.477. The Morgan fingerprint density at radius 2 is 1.61 bits per heavy atom. The third kappa shape index (κ3) is 11.1. The summed E-state index contributed by atoms with van der Waals surface area (Å²) in [6.07, 6.45) is 1.73. The Labute approximate surface area is 348 Å². The van der Waals surface area contributed by atoms with Crippen LogP contribution in [0.2, 0.25) is 18.1 Å². The lowest BCUT2D eigenvalue weighted by molar-refractivity contribution is 0.0336. The largest absolute Gasteiger partial charge is 0.444 e. The van der Waals surface area contributed by atoms with Crippen molar-refractivity contribution in [3.63, 3.8) is 0 Å². The second kappa shape index (κ2) is 17.9. The Hall–Kier alpha value is -5.25. The van der Waals surface area contributed by atoms with Crippen LogP contribution in [0, 0.1) is 5.92 Å². The average molecular weight is 826 g/mol. The van der Waals surface area contributed by atoms with Crippen LogP contribution in [-0.4, -0.2) is 93.5 Å². The van der Waals surface area contributed by atoms with E-state index in [1.807, 2.05) is 75.4 Å². The molecule has 3 atom stereocenters. The van der Waals surface area contributed by atoms with Crippen molar-refractivity contribution in [1.82, 2.24) is 15.3 Å². The first-order chi connectivity index (χ1) is 27.9. The number of fused-ring (bicyclic) bond motifs is 1. The van der Waals surface area contributed by atoms with Crippen molar-refractivity contribution in [2.24, 2.45) is 5.92 Å². The maximum absolute atomic E-state index is 14.4. The Balaban J connectivity index is 1.30. The molecule has 4 aromatic rings. The summed E-state index contributed by atoms with van der Waals surface area (Å²) >= 11 is 0. The van der Waals surface area contributed by atoms with Gasteiger partial charge in [-0.3, -0.25) is 15.1 Å². The quantitative estimate of drug-likeness (QED) is 0.133. The van der Waals surface area contributed by atoms with Gasteiger partial charge in [0.2, 0.25) is 0 Å². The summed E-state index contributed by atoms with van der Waals surface area (Å²) in [6.45, 7) is 22.4. The number of hydrogen-bond acceptors (Lipinski definition) is 11. The number of benzene rings is 2. The van der Waals surface area contributed by atoms with Gasteiger partial charge in [0.25, 0.3) is 5.91 Å². The molecule has 0 aliphatic carbocycles. The van der Waals surface area contributed by atoms with E-state index < -0.39 is 38.1 Å². The van der Waals surface area contributed by atoms with E-state index in [4.69, 9.17) is 23.6 Å². The van der Waals surface area contributed by atoms with Crippen molar-refractivity contribution in [3.8, 4) is 0 Å². The van der Waals surface area contributed by atoms with Crippen LogP contribution in [0.25, 0.3) is 10.9 Å². The van der Waals surface area contributed by atoms with E-state index in [1.165, 1.54) is 0 Å². The molecule has 4 heterocycles. The van der Waals surface area contributed by atoms with Crippen LogP contribution in [0.5, 0.6) is 0 Å². The number of carbonyl (C=O) groups is 3. The molecule has 2 saturated heterocycles. The van der Waals surface area contributed by atoms with Gasteiger partial charge in [-0.25, -0.2) is 14.6 Å². The number of anilines is 4. The monoisotopic (exact) mass is 825 g/mol. The Bertz CT molecular complexity index is 2120. The highest BCUT2D eigenvalue weighted by atomic mass is 28.4. The van der Waals surface area contributed by atoms with Gasteiger partial charge in [0, 0.05) is 49.4 Å². The number of alkyl carbamates (subject to hydrolysis) is 1. The summed E-state index contributed by atoms with van der Waals surface area (Å²) in [5.41, 5.74) is 3.02. The number of hydrogen-bond donors (Lipinski definition) is 3. The molecule has 0 radical (unpaired) electrons. The molecule has 2 aromatic carbocycles. The molecular weight excluding hydrogens is 767 g/mol. The molecule has 2 aliphatic heterocycles. The van der Waals surface area contributed by atoms with E-state index in [0.717, 1.165) is 29.7 Å². The molecule has 59 heavy (non-hydrogen) atoms. The maximum atomic E-state index is 14.4. The molecule has 2 aromatic heterocycles. The van der Waals surface area contributed by atoms with E-state index in [1.54, 1.807) is 18.5 Å². The topological polar surface area (TPSA) is 156 Å². The number of morpholine rings is 1. The Morgan fingerprint density at radius 3 is 2.31 bits per heavy atom. The fourth-order valence-electron chi connectivity index (χ4n) is 7.01. The summed E-state index contributed by atoms with van der Waals surface area (Å²) in [7, 11) is -2.25. The van der Waals surface area contributed by atoms with Gasteiger partial charge in [0.05, 0.1) is 54.1 Å². The van der Waals surface area contributed by atoms with Crippen molar-refractivity contribution in [2.45, 2.75) is 91.0 Å². The number of nitrogens with one attached hydrogen (secondary N) is 3. The lowest BCUT2D eigenvalue weighted by atomic mass is 9.92. The first-order valence-corrected chi connectivity index (χ1v) is 23.2. The lowest BCUT2D eigenvalue weighted by Gasteiger charge is -2.48. The van der Waals surface area contributed by atoms with Crippen molar-refractivity contribution in [2.75, 3.05) is 59.8 Å². The second-order valence-corrected chi connectivity index (χ2v) is 22.6. The van der Waals surface area contributed by atoms with Crippen LogP contribution in [0.15, 0.2) is 73.1 Å². The average Bonchev–Trinajstić information content (AvgIpc) is 3.17. The number of pyridine rings is 2. The van der Waals surface area contributed by atoms with Gasteiger partial charge in [0.15, 0.2) is 14.0 Å². The third-order valence-electron chi connectivity index (χ3n) is 11.1. The van der Waals surface area contributed by atoms with Crippen LogP contribution in [0.1, 0.15) is 64.5 Å². The Morgan fingerprint density at radius 1 is 0.881 bits per heavy atom. The van der Waals surface area contributed by atoms with Crippen molar-refractivity contribution in [3.05, 3.63) is 84.3 Å². The highest BCUT2D eigenvalue weighted by molar-refractivity contribution is 6.74. The SMILES string of the molecule is C[C@H]1CN(c2ccncc2NC(=O)c2nc3cc(N4CCOCC4)ccc3cc2NC(=O)OCc2ccccc2)C[C@@H](NC(=O)OC(C)(C)C)[C@@H]1O[Si](C)(C)C(C)(C)C. The van der Waals surface area contributed by atoms with Crippen LogP contribution in [-0.2, 0) is 25.2 Å². The van der Waals surface area contributed by atoms with Crippen LogP contribution < -0.4 is 25.8 Å². The summed E-state index contributed by atoms with van der Waals surface area (Å²) in [5, 5.41) is 9.64. The zero-order valence-electron chi connectivity index (χ0n) is 35.8. The lowest BCUT2D eigenvalue weighted by Crippen LogP contribution is -2.63. The summed E-state index contributed by atoms with van der Waals surface area (Å²) in [6, 6.07) is 18.4. The van der Waals surface area contributed by atoms with E-state index in [0.29, 0.717) is 43.2 Å². The summed E-state index contributed by atoms with van der Waals surface area (Å²) in [4.78, 5) is 54.4. The van der Waals surface area contributed by atoms with Gasteiger partial charge in [-0.2, -0.15) is 0 Å². The summed E-state index contributed by atoms with van der Waals surface area (Å²) in [5.74, 6) is -0.570. The first kappa shape index (κ1) is 43.3. The predicted molar refractivity (Wildman–Crippen MR) is 234 cm³/mol. The molecule has 3 N–H and O–H groups in total. The van der Waals surface area contributed by atoms with Gasteiger partial charge < -0.3 is 39.1 Å². The zero-order valence-corrected chi connectivity index (χ0v) is 36.8. The molecule has 0 spiro atoms. The number of ether oxygens (including phenoxy) is 3. The first-order valence-electron chi connectivity index (χ1n) is 20.3. The fourth-order valence-corrected chi connectivity index (χ4v) is 8.45. The molecule has 2 fully saturated rings. The number of amides is 3. The normalized spacial score (nSPS) is 18.9. The van der Waals surface area contributed by atoms with Crippen LogP contribution in [0.3, 0.4) is 0 Å². The van der Waals surface area contributed by atoms with Gasteiger partial charge in [-0.05, 0) is 68.7 Å². The van der Waals surface area contributed by atoms with Gasteiger partial charge >= 0.3 is 12.2 Å². The number of rotatable bonds is 10. The highest BCUT2D eigenvalue weighted by Crippen LogP contribution is 2.40. The third-order valence-corrected chi connectivity index (χ3v) is 15.5. The molecule has 2 aliphatic rings. The highest BCUT2D eigenvalue weighted by Gasteiger charge is 2.45. The van der Waals surface area contributed by atoms with Gasteiger partial charge in [-0.15, -0.1) is 0 Å². The van der Waals surface area contributed by atoms with E-state index in [2.05, 4.69) is 71.5 Å². The maximum Gasteiger partial charge on any atom is 0.412 e. The van der Waals surface area contributed by atoms with E-state index in [9.17, 15) is 14.4 Å². The second-order valence-electron chi connectivity index (χ2n) is 17.9. The number of nitrogens with zero attached hydrogens (tertiary/aromatic N) is 4. The summed E-state index contributed by atoms with van der Waals surface area (Å²) < 4.78 is 23.8. The van der Waals surface area contributed by atoms with Gasteiger partial charge in [-0.1, -0.05) is 64.1 Å². The van der Waals surface area contributed by atoms with E-state index >= 15 is 0 Å². The number of piperidine rings is 1. The molecule has 316 valence electrons. The molecular formula is C44H59N7O7Si. The Kier molecular flexibility index (Phi) is 13.2. The smallest absolute Gasteiger partial charge is 0.412 e. The van der Waals surface area contributed by atoms with Crippen LogP contribution >= 0.6 is 0 Å². The van der Waals surface area contributed by atoms with E-state index in [-0.39, 0.29) is 35.0 Å². The van der Waals surface area contributed by atoms with Crippen LogP contribution in [0.4, 0.5) is 32.3 Å². The molecule has 3 amide bonds. The standard InChI is InChI=1S/C44H59N7O7Si/c1-29-26-51(27-36(49-42(54)57-43(2,3)4)39(29)58-59(8,9)44(5,6)7)37-17-18-45-25-35(37)47-40(52)38-34(48-41(53)56-28-30-13-11-10-12-14-30)23-31-15-16-32(24-33(31)46-38)50-19-21-55-22-20-50/h10-18,23-25,29,36,39H,19-22,26-28H2,1-9H3,(H,47,52)(H,48,53)(H,49,54)/t29-,36+,39+/m0/s1. The minimum absolute atomic E-state index is 0.00223. The molecule has 14 nitrogen and oxygen atoms in total. The van der Waals surface area contributed by atoms with Crippen molar-refractivity contribution < 1.29 is 33.0 Å². The van der Waals surface area contributed by atoms with Crippen molar-refractivity contribution >= 4 is 60.1 Å². The number of aromatic nitrogens is 2.